The Labute approximate surface area is 241 Å². The molecule has 1 saturated carbocycles. The Hall–Kier alpha value is -3.45. The third kappa shape index (κ3) is 8.78. The van der Waals surface area contributed by atoms with Gasteiger partial charge in [-0.2, -0.15) is 0 Å². The van der Waals surface area contributed by atoms with E-state index in [4.69, 9.17) is 20.4 Å². The molecule has 4 rings (SSSR count). The largest absolute Gasteiger partial charge is 0.494 e. The summed E-state index contributed by atoms with van der Waals surface area (Å²) >= 11 is 0.905. The van der Waals surface area contributed by atoms with E-state index in [0.29, 0.717) is 35.2 Å². The van der Waals surface area contributed by atoms with Gasteiger partial charge in [-0.3, -0.25) is 0 Å². The number of anilines is 2. The Morgan fingerprint density at radius 1 is 1.05 bits per heavy atom. The van der Waals surface area contributed by atoms with E-state index in [1.807, 2.05) is 24.3 Å². The van der Waals surface area contributed by atoms with E-state index in [-0.39, 0.29) is 5.92 Å². The van der Waals surface area contributed by atoms with Crippen molar-refractivity contribution in [3.8, 4) is 5.75 Å². The molecule has 3 aromatic carbocycles. The summed E-state index contributed by atoms with van der Waals surface area (Å²) in [6.45, 7) is 2.71. The van der Waals surface area contributed by atoms with Crippen LogP contribution in [0, 0.1) is 5.92 Å². The molecule has 1 aliphatic rings. The first-order valence-corrected chi connectivity index (χ1v) is 14.8. The van der Waals surface area contributed by atoms with Gasteiger partial charge in [0.05, 0.1) is 29.2 Å². The van der Waals surface area contributed by atoms with Crippen molar-refractivity contribution >= 4 is 35.5 Å². The molecular weight excluding hydrogens is 523 g/mol. The van der Waals surface area contributed by atoms with Crippen molar-refractivity contribution in [1.82, 2.24) is 0 Å². The van der Waals surface area contributed by atoms with Gasteiger partial charge in [0.2, 0.25) is 0 Å². The molecule has 40 heavy (non-hydrogen) atoms. The Bertz CT molecular complexity index is 1260. The number of nitrogen functional groups attached to an aromatic ring is 2. The molecule has 3 atom stereocenters. The lowest BCUT2D eigenvalue weighted by molar-refractivity contribution is -0.127. The number of ether oxygens (including phenoxy) is 1. The summed E-state index contributed by atoms with van der Waals surface area (Å²) < 4.78 is 25.7. The van der Waals surface area contributed by atoms with Crippen LogP contribution in [0.5, 0.6) is 5.75 Å². The zero-order chi connectivity index (χ0) is 28.3. The van der Waals surface area contributed by atoms with E-state index < -0.39 is 12.1 Å². The number of rotatable bonds is 11. The van der Waals surface area contributed by atoms with Crippen LogP contribution in [0.2, 0.25) is 0 Å². The maximum atomic E-state index is 14.6. The summed E-state index contributed by atoms with van der Waals surface area (Å²) in [5, 5.41) is 0. The molecule has 0 amide bonds. The zero-order valence-corrected chi connectivity index (χ0v) is 23.9. The second-order valence-electron chi connectivity index (χ2n) is 10.4. The van der Waals surface area contributed by atoms with Crippen molar-refractivity contribution in [2.45, 2.75) is 68.9 Å². The first-order chi connectivity index (χ1) is 19.4. The summed E-state index contributed by atoms with van der Waals surface area (Å²) in [7, 11) is 0. The molecule has 3 aromatic rings. The number of carbonyl (C=O) groups is 1. The Kier molecular flexibility index (Phi) is 10.9. The molecule has 1 aliphatic carbocycles. The molecule has 0 spiro atoms. The van der Waals surface area contributed by atoms with Crippen molar-refractivity contribution in [2.24, 2.45) is 5.92 Å². The molecule has 5 nitrogen and oxygen atoms in total. The fourth-order valence-electron chi connectivity index (χ4n) is 5.17. The van der Waals surface area contributed by atoms with E-state index >= 15 is 0 Å². The van der Waals surface area contributed by atoms with Crippen LogP contribution in [-0.2, 0) is 15.4 Å². The van der Waals surface area contributed by atoms with Gasteiger partial charge in [-0.1, -0.05) is 56.2 Å². The number of alkyl halides is 1. The molecule has 0 aromatic heterocycles. The summed E-state index contributed by atoms with van der Waals surface area (Å²) in [4.78, 5) is 12.7. The van der Waals surface area contributed by atoms with Crippen molar-refractivity contribution in [3.05, 3.63) is 89.5 Å². The highest BCUT2D eigenvalue weighted by Crippen LogP contribution is 2.37. The average molecular weight is 563 g/mol. The van der Waals surface area contributed by atoms with E-state index in [0.717, 1.165) is 61.9 Å². The molecule has 0 bridgehead atoms. The van der Waals surface area contributed by atoms with Gasteiger partial charge in [-0.15, -0.1) is 0 Å². The monoisotopic (exact) mass is 562 g/mol. The second-order valence-corrected chi connectivity index (χ2v) is 11.2. The minimum Gasteiger partial charge on any atom is -0.494 e. The maximum absolute atomic E-state index is 14.6. The quantitative estimate of drug-likeness (QED) is 0.0806. The molecule has 2 unspecified atom stereocenters. The number of aryl methyl sites for hydroxylation is 1. The van der Waals surface area contributed by atoms with Crippen LogP contribution in [0.3, 0.4) is 0 Å². The van der Waals surface area contributed by atoms with Gasteiger partial charge < -0.3 is 20.4 Å². The fraction of sp³-hybridized carbons (Fsp3) is 0.364. The third-order valence-corrected chi connectivity index (χ3v) is 8.34. The van der Waals surface area contributed by atoms with Crippen molar-refractivity contribution in [1.29, 1.82) is 0 Å². The highest BCUT2D eigenvalue weighted by atomic mass is 32.2. The minimum absolute atomic E-state index is 0.229. The number of benzene rings is 3. The highest BCUT2D eigenvalue weighted by molar-refractivity contribution is 7.95. The van der Waals surface area contributed by atoms with Gasteiger partial charge in [-0.25, -0.2) is 9.18 Å². The first-order valence-electron chi connectivity index (χ1n) is 14.1. The zero-order valence-electron chi connectivity index (χ0n) is 23.1. The highest BCUT2D eigenvalue weighted by Gasteiger charge is 2.27. The summed E-state index contributed by atoms with van der Waals surface area (Å²) in [6.07, 6.45) is 9.02. The summed E-state index contributed by atoms with van der Waals surface area (Å²) in [5.74, 6) is 0.858. The van der Waals surface area contributed by atoms with Crippen LogP contribution >= 0.6 is 12.0 Å². The Morgan fingerprint density at radius 3 is 2.55 bits per heavy atom. The second kappa shape index (κ2) is 14.8. The summed E-state index contributed by atoms with van der Waals surface area (Å²) in [6, 6.07) is 21.3. The van der Waals surface area contributed by atoms with E-state index in [1.165, 1.54) is 17.2 Å². The van der Waals surface area contributed by atoms with Crippen LogP contribution in [0.25, 0.3) is 6.08 Å². The molecule has 0 heterocycles. The van der Waals surface area contributed by atoms with Crippen LogP contribution < -0.4 is 16.2 Å². The number of halogens is 1. The number of nitrogens with two attached hydrogens (primary N) is 2. The minimum atomic E-state index is -0.679. The smallest absolute Gasteiger partial charge is 0.343 e. The predicted molar refractivity (Wildman–Crippen MR) is 163 cm³/mol. The van der Waals surface area contributed by atoms with Crippen LogP contribution in [-0.4, -0.2) is 18.7 Å². The van der Waals surface area contributed by atoms with Crippen molar-refractivity contribution < 1.29 is 18.1 Å². The van der Waals surface area contributed by atoms with Gasteiger partial charge in [0, 0.05) is 11.8 Å². The average Bonchev–Trinajstić information content (AvgIpc) is 3.15. The van der Waals surface area contributed by atoms with Gasteiger partial charge in [0.25, 0.3) is 0 Å². The van der Waals surface area contributed by atoms with Gasteiger partial charge in [0.15, 0.2) is 0 Å². The molecule has 0 saturated heterocycles. The number of carbonyl (C=O) groups excluding carboxylic acids is 1. The lowest BCUT2D eigenvalue weighted by Crippen LogP contribution is -2.15. The maximum Gasteiger partial charge on any atom is 0.343 e. The molecule has 0 radical (unpaired) electrons. The van der Waals surface area contributed by atoms with Crippen LogP contribution in [0.15, 0.2) is 77.7 Å². The first kappa shape index (κ1) is 29.5. The lowest BCUT2D eigenvalue weighted by atomic mass is 9.89. The van der Waals surface area contributed by atoms with Crippen molar-refractivity contribution in [2.75, 3.05) is 18.1 Å². The third-order valence-electron chi connectivity index (χ3n) is 7.54. The molecule has 1 fully saturated rings. The Balaban J connectivity index is 1.16. The number of hydrogen-bond donors (Lipinski definition) is 2. The van der Waals surface area contributed by atoms with Gasteiger partial charge >= 0.3 is 5.97 Å². The Morgan fingerprint density at radius 2 is 1.82 bits per heavy atom. The fourth-order valence-corrected chi connectivity index (χ4v) is 5.68. The summed E-state index contributed by atoms with van der Waals surface area (Å²) in [5.41, 5.74) is 16.0. The van der Waals surface area contributed by atoms with E-state index in [9.17, 15) is 9.18 Å². The van der Waals surface area contributed by atoms with E-state index in [2.05, 4.69) is 31.2 Å². The standard InChI is InChI=1S/C33H39FN2O3S/c1-2-25-6-3-7-27(21-30(25)34)26-13-8-23(9-14-26)5-4-20-38-29-16-10-24(11-17-29)12-19-33(37)39-40-32-18-15-28(35)22-31(32)36/h8-19,22,25,27,30H,2-7,20-21,35-36H2,1H3/b19-12+/t25-,27?,30?/m1/s1. The predicted octanol–water partition coefficient (Wildman–Crippen LogP) is 8.15. The molecular formula is C33H39FN2O3S. The van der Waals surface area contributed by atoms with E-state index in [1.54, 1.807) is 24.3 Å². The molecule has 4 N–H and O–H groups in total. The lowest BCUT2D eigenvalue weighted by Gasteiger charge is -2.19. The van der Waals surface area contributed by atoms with Crippen LogP contribution in [0.1, 0.15) is 68.1 Å². The molecule has 212 valence electrons. The van der Waals surface area contributed by atoms with Crippen molar-refractivity contribution in [3.63, 3.8) is 0 Å². The molecule has 7 heteroatoms. The van der Waals surface area contributed by atoms with Crippen LogP contribution in [0.4, 0.5) is 15.8 Å². The van der Waals surface area contributed by atoms with Gasteiger partial charge in [-0.05, 0) is 97.0 Å². The SMILES string of the molecule is CC[C@@H]1CCCC(c2ccc(CCCOc3ccc(/C=C/C(=O)OSc4ccc(N)cc4N)cc3)cc2)CC1F. The molecule has 0 aliphatic heterocycles. The number of hydrogen-bond acceptors (Lipinski definition) is 6. The normalized spacial score (nSPS) is 19.3. The topological polar surface area (TPSA) is 87.6 Å². The van der Waals surface area contributed by atoms with Gasteiger partial charge in [0.1, 0.15) is 11.9 Å².